The Morgan fingerprint density at radius 3 is 2.71 bits per heavy atom. The molecule has 0 spiro atoms. The fourth-order valence-corrected chi connectivity index (χ4v) is 6.19. The van der Waals surface area contributed by atoms with E-state index in [0.29, 0.717) is 18.0 Å². The zero-order chi connectivity index (χ0) is 23.9. The largest absolute Gasteiger partial charge is 0.497 e. The van der Waals surface area contributed by atoms with E-state index in [4.69, 9.17) is 26.1 Å². The highest BCUT2D eigenvalue weighted by Crippen LogP contribution is 2.33. The molecule has 1 amide bonds. The second-order valence-electron chi connectivity index (χ2n) is 8.19. The van der Waals surface area contributed by atoms with Crippen LogP contribution in [0.5, 0.6) is 5.75 Å². The van der Waals surface area contributed by atoms with Gasteiger partial charge in [-0.25, -0.2) is 4.98 Å². The van der Waals surface area contributed by atoms with Crippen molar-refractivity contribution in [1.82, 2.24) is 9.88 Å². The molecule has 0 aliphatic carbocycles. The van der Waals surface area contributed by atoms with E-state index in [1.165, 1.54) is 16.2 Å². The number of carbonyl (C=O) groups excluding carboxylic acids is 1. The van der Waals surface area contributed by atoms with Crippen molar-refractivity contribution in [2.24, 2.45) is 0 Å². The normalized spacial score (nSPS) is 14.0. The van der Waals surface area contributed by atoms with Crippen molar-refractivity contribution < 1.29 is 14.3 Å². The summed E-state index contributed by atoms with van der Waals surface area (Å²) in [4.78, 5) is 23.6. The number of methoxy groups -OCH3 is 1. The predicted octanol–water partition coefficient (Wildman–Crippen LogP) is 5.93. The maximum absolute atomic E-state index is 13.3. The molecular weight excluding hydrogens is 525 g/mol. The molecule has 10 heteroatoms. The number of ether oxygens (including phenoxy) is 2. The molecule has 1 saturated heterocycles. The molecule has 35 heavy (non-hydrogen) atoms. The average Bonchev–Trinajstić information content (AvgIpc) is 3.27. The molecule has 1 aliphatic rings. The Balaban J connectivity index is 0.00000342. The first-order valence-electron chi connectivity index (χ1n) is 11.5. The van der Waals surface area contributed by atoms with Gasteiger partial charge in [-0.1, -0.05) is 22.9 Å². The Kier molecular flexibility index (Phi) is 10.9. The van der Waals surface area contributed by atoms with E-state index in [-0.39, 0.29) is 18.3 Å². The minimum atomic E-state index is 0. The number of hydrogen-bond donors (Lipinski definition) is 0. The van der Waals surface area contributed by atoms with Gasteiger partial charge in [0.2, 0.25) is 5.91 Å². The van der Waals surface area contributed by atoms with Crippen LogP contribution in [0.3, 0.4) is 0 Å². The molecule has 0 atom stereocenters. The van der Waals surface area contributed by atoms with E-state index >= 15 is 0 Å². The van der Waals surface area contributed by atoms with Crippen LogP contribution in [-0.2, 0) is 9.53 Å². The molecule has 1 aliphatic heterocycles. The van der Waals surface area contributed by atoms with Crippen molar-refractivity contribution in [3.05, 3.63) is 47.0 Å². The molecule has 3 aromatic rings. The zero-order valence-electron chi connectivity index (χ0n) is 20.0. The zero-order valence-corrected chi connectivity index (χ0v) is 23.2. The quantitative estimate of drug-likeness (QED) is 0.228. The molecule has 2 heterocycles. The van der Waals surface area contributed by atoms with E-state index in [0.717, 1.165) is 71.7 Å². The SMILES string of the molecule is COc1ccc(SCCCC(=O)N(CCN2CCOCC2)c2nc3c(C)cc(Cl)cc3s2)cc1.Cl. The van der Waals surface area contributed by atoms with Gasteiger partial charge in [-0.2, -0.15) is 0 Å². The van der Waals surface area contributed by atoms with Gasteiger partial charge >= 0.3 is 0 Å². The van der Waals surface area contributed by atoms with Crippen molar-refractivity contribution in [3.8, 4) is 5.75 Å². The van der Waals surface area contributed by atoms with Crippen LogP contribution in [-0.4, -0.2) is 68.0 Å². The van der Waals surface area contributed by atoms with Crippen LogP contribution in [0.15, 0.2) is 41.3 Å². The highest BCUT2D eigenvalue weighted by molar-refractivity contribution is 7.99. The lowest BCUT2D eigenvalue weighted by Crippen LogP contribution is -2.43. The van der Waals surface area contributed by atoms with Crippen LogP contribution in [0.1, 0.15) is 18.4 Å². The molecule has 6 nitrogen and oxygen atoms in total. The van der Waals surface area contributed by atoms with Crippen LogP contribution in [0.25, 0.3) is 10.2 Å². The maximum atomic E-state index is 13.3. The Morgan fingerprint density at radius 1 is 1.26 bits per heavy atom. The molecule has 0 saturated carbocycles. The first-order chi connectivity index (χ1) is 16.5. The van der Waals surface area contributed by atoms with Crippen molar-refractivity contribution in [3.63, 3.8) is 0 Å². The summed E-state index contributed by atoms with van der Waals surface area (Å²) in [7, 11) is 1.67. The minimum Gasteiger partial charge on any atom is -0.497 e. The van der Waals surface area contributed by atoms with Crippen molar-refractivity contribution in [2.45, 2.75) is 24.7 Å². The summed E-state index contributed by atoms with van der Waals surface area (Å²) in [6.07, 6.45) is 1.29. The number of morpholine rings is 1. The molecular formula is C25H31Cl2N3O3S2. The summed E-state index contributed by atoms with van der Waals surface area (Å²) in [5, 5.41) is 1.45. The molecule has 4 rings (SSSR count). The fraction of sp³-hybridized carbons (Fsp3) is 0.440. The number of thiazole rings is 1. The number of anilines is 1. The Labute approximate surface area is 226 Å². The number of amides is 1. The highest BCUT2D eigenvalue weighted by atomic mass is 35.5. The minimum absolute atomic E-state index is 0. The number of nitrogens with zero attached hydrogens (tertiary/aromatic N) is 3. The molecule has 1 aromatic heterocycles. The number of halogens is 2. The lowest BCUT2D eigenvalue weighted by Gasteiger charge is -2.29. The second-order valence-corrected chi connectivity index (χ2v) is 10.8. The number of carbonyl (C=O) groups is 1. The molecule has 190 valence electrons. The highest BCUT2D eigenvalue weighted by Gasteiger charge is 2.22. The third kappa shape index (κ3) is 7.71. The van der Waals surface area contributed by atoms with Crippen LogP contribution >= 0.6 is 47.1 Å². The van der Waals surface area contributed by atoms with Gasteiger partial charge in [-0.15, -0.1) is 24.2 Å². The lowest BCUT2D eigenvalue weighted by atomic mass is 10.2. The van der Waals surface area contributed by atoms with Crippen molar-refractivity contribution >= 4 is 68.4 Å². The number of aromatic nitrogens is 1. The Bertz CT molecular complexity index is 1110. The number of fused-ring (bicyclic) bond motifs is 1. The van der Waals surface area contributed by atoms with Gasteiger partial charge < -0.3 is 9.47 Å². The van der Waals surface area contributed by atoms with Gasteiger partial charge in [0.1, 0.15) is 5.75 Å². The summed E-state index contributed by atoms with van der Waals surface area (Å²) >= 11 is 9.55. The summed E-state index contributed by atoms with van der Waals surface area (Å²) in [5.41, 5.74) is 1.95. The number of hydrogen-bond acceptors (Lipinski definition) is 7. The topological polar surface area (TPSA) is 54.9 Å². The maximum Gasteiger partial charge on any atom is 0.228 e. The van der Waals surface area contributed by atoms with E-state index < -0.39 is 0 Å². The number of aryl methyl sites for hydroxylation is 1. The number of thioether (sulfide) groups is 1. The number of rotatable bonds is 10. The van der Waals surface area contributed by atoms with Crippen LogP contribution in [0, 0.1) is 6.92 Å². The average molecular weight is 557 g/mol. The van der Waals surface area contributed by atoms with E-state index in [1.54, 1.807) is 18.9 Å². The molecule has 0 radical (unpaired) electrons. The summed E-state index contributed by atoms with van der Waals surface area (Å²) in [6, 6.07) is 11.9. The lowest BCUT2D eigenvalue weighted by molar-refractivity contribution is -0.118. The fourth-order valence-electron chi connectivity index (χ4n) is 3.87. The standard InChI is InChI=1S/C25H30ClN3O3S2.ClH/c1-18-16-19(26)17-22-24(18)27-25(34-22)29(10-9-28-11-13-32-14-12-28)23(30)4-3-15-33-21-7-5-20(31-2)6-8-21;/h5-8,16-17H,3-4,9-15H2,1-2H3;1H. The van der Waals surface area contributed by atoms with Crippen LogP contribution < -0.4 is 9.64 Å². The molecule has 0 bridgehead atoms. The van der Waals surface area contributed by atoms with Crippen LogP contribution in [0.4, 0.5) is 5.13 Å². The summed E-state index contributed by atoms with van der Waals surface area (Å²) in [5.74, 6) is 1.85. The Morgan fingerprint density at radius 2 is 2.00 bits per heavy atom. The van der Waals surface area contributed by atoms with E-state index in [9.17, 15) is 4.79 Å². The van der Waals surface area contributed by atoms with E-state index in [2.05, 4.69) is 17.0 Å². The van der Waals surface area contributed by atoms with Crippen molar-refractivity contribution in [1.29, 1.82) is 0 Å². The van der Waals surface area contributed by atoms with E-state index in [1.807, 2.05) is 36.1 Å². The monoisotopic (exact) mass is 555 g/mol. The molecule has 0 unspecified atom stereocenters. The number of benzene rings is 2. The van der Waals surface area contributed by atoms with Gasteiger partial charge in [-0.05, 0) is 61.1 Å². The van der Waals surface area contributed by atoms with Gasteiger partial charge in [0.05, 0.1) is 30.5 Å². The van der Waals surface area contributed by atoms with Gasteiger partial charge in [0.15, 0.2) is 5.13 Å². The van der Waals surface area contributed by atoms with Crippen molar-refractivity contribution in [2.75, 3.05) is 57.2 Å². The smallest absolute Gasteiger partial charge is 0.228 e. The Hall–Kier alpha value is -1.55. The predicted molar refractivity (Wildman–Crippen MR) is 149 cm³/mol. The summed E-state index contributed by atoms with van der Waals surface area (Å²) in [6.45, 7) is 6.73. The van der Waals surface area contributed by atoms with Gasteiger partial charge in [-0.3, -0.25) is 14.6 Å². The molecule has 2 aromatic carbocycles. The second kappa shape index (κ2) is 13.7. The first-order valence-corrected chi connectivity index (χ1v) is 13.7. The summed E-state index contributed by atoms with van der Waals surface area (Å²) < 4.78 is 11.7. The third-order valence-corrected chi connectivity index (χ3v) is 8.12. The van der Waals surface area contributed by atoms with Gasteiger partial charge in [0.25, 0.3) is 0 Å². The molecule has 0 N–H and O–H groups in total. The van der Waals surface area contributed by atoms with Crippen LogP contribution in [0.2, 0.25) is 5.02 Å². The first kappa shape index (κ1) is 28.0. The molecule has 1 fully saturated rings. The third-order valence-electron chi connectivity index (χ3n) is 5.78. The van der Waals surface area contributed by atoms with Gasteiger partial charge in [0, 0.05) is 42.5 Å².